The number of urea groups is 1. The first-order valence-corrected chi connectivity index (χ1v) is 9.38. The van der Waals surface area contributed by atoms with Crippen molar-refractivity contribution >= 4 is 12.0 Å². The normalized spacial score (nSPS) is 22.2. The monoisotopic (exact) mass is 374 g/mol. The van der Waals surface area contributed by atoms with Crippen LogP contribution in [0.1, 0.15) is 44.7 Å². The van der Waals surface area contributed by atoms with Gasteiger partial charge in [-0.15, -0.1) is 0 Å². The summed E-state index contributed by atoms with van der Waals surface area (Å²) in [5, 5.41) is 5.45. The molecule has 2 amide bonds. The second kappa shape index (κ2) is 8.90. The first kappa shape index (κ1) is 19.2. The largest absolute Gasteiger partial charge is 0.494 e. The van der Waals surface area contributed by atoms with Crippen molar-refractivity contribution in [1.82, 2.24) is 10.6 Å². The van der Waals surface area contributed by atoms with E-state index in [1.54, 1.807) is 6.92 Å². The van der Waals surface area contributed by atoms with Gasteiger partial charge in [0.1, 0.15) is 12.4 Å². The van der Waals surface area contributed by atoms with Crippen LogP contribution < -0.4 is 15.4 Å². The highest BCUT2D eigenvalue weighted by atomic mass is 16.6. The van der Waals surface area contributed by atoms with Crippen LogP contribution >= 0.6 is 0 Å². The lowest BCUT2D eigenvalue weighted by molar-refractivity contribution is -0.142. The number of ether oxygens (including phenoxy) is 3. The van der Waals surface area contributed by atoms with Gasteiger partial charge in [0.2, 0.25) is 0 Å². The van der Waals surface area contributed by atoms with Crippen molar-refractivity contribution in [3.8, 4) is 5.75 Å². The molecule has 146 valence electrons. The SMILES string of the molecule is CCCOc1ccc(C2NC(=O)NC(C)=C2C(=O)OCC2CCCO2)cc1. The van der Waals surface area contributed by atoms with E-state index in [0.29, 0.717) is 24.5 Å². The average Bonchev–Trinajstić information content (AvgIpc) is 3.18. The van der Waals surface area contributed by atoms with Gasteiger partial charge in [-0.3, -0.25) is 0 Å². The maximum atomic E-state index is 12.7. The molecule has 2 N–H and O–H groups in total. The molecule has 1 aromatic carbocycles. The Hall–Kier alpha value is -2.54. The van der Waals surface area contributed by atoms with Gasteiger partial charge in [-0.2, -0.15) is 0 Å². The third kappa shape index (κ3) is 4.80. The molecule has 3 rings (SSSR count). The summed E-state index contributed by atoms with van der Waals surface area (Å²) < 4.78 is 16.6. The average molecular weight is 374 g/mol. The van der Waals surface area contributed by atoms with Crippen LogP contribution in [0.3, 0.4) is 0 Å². The van der Waals surface area contributed by atoms with Crippen LogP contribution in [0.4, 0.5) is 4.79 Å². The maximum Gasteiger partial charge on any atom is 0.338 e. The van der Waals surface area contributed by atoms with Crippen LogP contribution in [0.2, 0.25) is 0 Å². The van der Waals surface area contributed by atoms with Crippen molar-refractivity contribution in [3.05, 3.63) is 41.1 Å². The first-order valence-electron chi connectivity index (χ1n) is 9.38. The number of carbonyl (C=O) groups is 2. The molecular formula is C20H26N2O5. The van der Waals surface area contributed by atoms with E-state index in [1.807, 2.05) is 31.2 Å². The zero-order chi connectivity index (χ0) is 19.2. The molecule has 2 unspecified atom stereocenters. The van der Waals surface area contributed by atoms with Crippen molar-refractivity contribution in [3.63, 3.8) is 0 Å². The summed E-state index contributed by atoms with van der Waals surface area (Å²) in [6.07, 6.45) is 2.75. The molecule has 1 aromatic rings. The Balaban J connectivity index is 1.75. The molecule has 0 radical (unpaired) electrons. The van der Waals surface area contributed by atoms with E-state index in [-0.39, 0.29) is 18.7 Å². The van der Waals surface area contributed by atoms with Crippen molar-refractivity contribution in [2.45, 2.75) is 45.3 Å². The van der Waals surface area contributed by atoms with E-state index in [2.05, 4.69) is 10.6 Å². The predicted molar refractivity (Wildman–Crippen MR) is 99.3 cm³/mol. The van der Waals surface area contributed by atoms with Crippen molar-refractivity contribution in [1.29, 1.82) is 0 Å². The van der Waals surface area contributed by atoms with Gasteiger partial charge >= 0.3 is 12.0 Å². The summed E-state index contributed by atoms with van der Waals surface area (Å²) in [5.74, 6) is 0.302. The number of hydrogen-bond acceptors (Lipinski definition) is 5. The lowest BCUT2D eigenvalue weighted by Gasteiger charge is -2.28. The highest BCUT2D eigenvalue weighted by Gasteiger charge is 2.32. The molecule has 1 fully saturated rings. The van der Waals surface area contributed by atoms with Crippen LogP contribution in [0.5, 0.6) is 5.75 Å². The van der Waals surface area contributed by atoms with Crippen LogP contribution in [-0.2, 0) is 14.3 Å². The third-order valence-corrected chi connectivity index (χ3v) is 4.60. The standard InChI is InChI=1S/C20H26N2O5/c1-3-10-25-15-8-6-14(7-9-15)18-17(13(2)21-20(24)22-18)19(23)27-12-16-5-4-11-26-16/h6-9,16,18H,3-5,10-12H2,1-2H3,(H2,21,22,24). The Labute approximate surface area is 159 Å². The summed E-state index contributed by atoms with van der Waals surface area (Å²) >= 11 is 0. The molecule has 7 nitrogen and oxygen atoms in total. The molecule has 2 heterocycles. The molecule has 0 aliphatic carbocycles. The number of allylic oxidation sites excluding steroid dienone is 1. The Morgan fingerprint density at radius 2 is 2.07 bits per heavy atom. The summed E-state index contributed by atoms with van der Waals surface area (Å²) in [7, 11) is 0. The van der Waals surface area contributed by atoms with Gasteiger partial charge in [0.25, 0.3) is 0 Å². The fourth-order valence-corrected chi connectivity index (χ4v) is 3.21. The van der Waals surface area contributed by atoms with E-state index in [4.69, 9.17) is 14.2 Å². The smallest absolute Gasteiger partial charge is 0.338 e. The lowest BCUT2D eigenvalue weighted by Crippen LogP contribution is -2.45. The van der Waals surface area contributed by atoms with E-state index in [1.165, 1.54) is 0 Å². The number of carbonyl (C=O) groups excluding carboxylic acids is 2. The molecule has 7 heteroatoms. The topological polar surface area (TPSA) is 85.9 Å². The second-order valence-electron chi connectivity index (χ2n) is 6.72. The van der Waals surface area contributed by atoms with E-state index >= 15 is 0 Å². The van der Waals surface area contributed by atoms with Gasteiger partial charge in [-0.1, -0.05) is 19.1 Å². The summed E-state index contributed by atoms with van der Waals surface area (Å²) in [4.78, 5) is 24.7. The molecular weight excluding hydrogens is 348 g/mol. The molecule has 2 atom stereocenters. The van der Waals surface area contributed by atoms with Gasteiger partial charge in [-0.05, 0) is 43.9 Å². The molecule has 0 saturated carbocycles. The molecule has 2 aliphatic rings. The predicted octanol–water partition coefficient (Wildman–Crippen LogP) is 2.83. The van der Waals surface area contributed by atoms with Gasteiger partial charge < -0.3 is 24.8 Å². The summed E-state index contributed by atoms with van der Waals surface area (Å²) in [5.41, 5.74) is 1.68. The number of benzene rings is 1. The van der Waals surface area contributed by atoms with Crippen molar-refractivity contribution in [2.75, 3.05) is 19.8 Å². The minimum atomic E-state index is -0.573. The van der Waals surface area contributed by atoms with Crippen LogP contribution in [-0.4, -0.2) is 37.9 Å². The number of esters is 1. The Bertz CT molecular complexity index is 708. The first-order chi connectivity index (χ1) is 13.1. The fraction of sp³-hybridized carbons (Fsp3) is 0.500. The second-order valence-corrected chi connectivity index (χ2v) is 6.72. The minimum Gasteiger partial charge on any atom is -0.494 e. The molecule has 27 heavy (non-hydrogen) atoms. The fourth-order valence-electron chi connectivity index (χ4n) is 3.21. The van der Waals surface area contributed by atoms with Gasteiger partial charge in [-0.25, -0.2) is 9.59 Å². The van der Waals surface area contributed by atoms with Gasteiger partial charge in [0.15, 0.2) is 0 Å². The molecule has 1 saturated heterocycles. The highest BCUT2D eigenvalue weighted by Crippen LogP contribution is 2.29. The number of hydrogen-bond donors (Lipinski definition) is 2. The number of nitrogens with one attached hydrogen (secondary N) is 2. The van der Waals surface area contributed by atoms with Crippen molar-refractivity contribution in [2.24, 2.45) is 0 Å². The van der Waals surface area contributed by atoms with Crippen molar-refractivity contribution < 1.29 is 23.8 Å². The number of rotatable bonds is 7. The Morgan fingerprint density at radius 3 is 2.74 bits per heavy atom. The molecule has 0 bridgehead atoms. The Kier molecular flexibility index (Phi) is 6.34. The quantitative estimate of drug-likeness (QED) is 0.717. The minimum absolute atomic E-state index is 0.0468. The number of amides is 2. The third-order valence-electron chi connectivity index (χ3n) is 4.60. The van der Waals surface area contributed by atoms with E-state index in [9.17, 15) is 9.59 Å². The van der Waals surface area contributed by atoms with Crippen LogP contribution in [0.15, 0.2) is 35.5 Å². The van der Waals surface area contributed by atoms with E-state index in [0.717, 1.165) is 30.6 Å². The Morgan fingerprint density at radius 1 is 1.30 bits per heavy atom. The summed E-state index contributed by atoms with van der Waals surface area (Å²) in [6, 6.07) is 6.45. The van der Waals surface area contributed by atoms with Crippen LogP contribution in [0, 0.1) is 0 Å². The molecule has 0 aromatic heterocycles. The maximum absolute atomic E-state index is 12.7. The van der Waals surface area contributed by atoms with Gasteiger partial charge in [0, 0.05) is 12.3 Å². The van der Waals surface area contributed by atoms with E-state index < -0.39 is 12.0 Å². The highest BCUT2D eigenvalue weighted by molar-refractivity contribution is 5.95. The summed E-state index contributed by atoms with van der Waals surface area (Å²) in [6.45, 7) is 5.31. The zero-order valence-electron chi connectivity index (χ0n) is 15.7. The molecule has 2 aliphatic heterocycles. The lowest BCUT2D eigenvalue weighted by atomic mass is 9.95. The molecule has 0 spiro atoms. The van der Waals surface area contributed by atoms with Crippen LogP contribution in [0.25, 0.3) is 0 Å². The zero-order valence-corrected chi connectivity index (χ0v) is 15.7. The van der Waals surface area contributed by atoms with Gasteiger partial charge in [0.05, 0.1) is 24.3 Å².